The average Bonchev–Trinajstić information content (AvgIpc) is 2.78. The van der Waals surface area contributed by atoms with Crippen LogP contribution >= 0.6 is 0 Å². The van der Waals surface area contributed by atoms with E-state index in [0.29, 0.717) is 31.9 Å². The Morgan fingerprint density at radius 3 is 2.48 bits per heavy atom. The van der Waals surface area contributed by atoms with Gasteiger partial charge in [0, 0.05) is 51.8 Å². The second-order valence-electron chi connectivity index (χ2n) is 8.27. The molecular weight excluding hydrogens is 402 g/mol. The molecule has 0 spiro atoms. The minimum absolute atomic E-state index is 0.0408. The van der Waals surface area contributed by atoms with Crippen LogP contribution in [0.5, 0.6) is 0 Å². The van der Waals surface area contributed by atoms with Crippen molar-refractivity contribution in [2.24, 2.45) is 16.6 Å². The first-order chi connectivity index (χ1) is 15.0. The van der Waals surface area contributed by atoms with E-state index in [1.165, 1.54) is 12.1 Å². The monoisotopic (exact) mass is 436 g/mol. The van der Waals surface area contributed by atoms with Gasteiger partial charge in [-0.3, -0.25) is 9.79 Å². The van der Waals surface area contributed by atoms with Crippen LogP contribution in [0, 0.1) is 17.6 Å². The fraction of sp³-hybridized carbons (Fsp3) is 0.636. The molecule has 2 fully saturated rings. The maximum Gasteiger partial charge on any atom is 0.220 e. The molecule has 1 amide bonds. The maximum atomic E-state index is 14.0. The third-order valence-corrected chi connectivity index (χ3v) is 6.21. The first-order valence-corrected chi connectivity index (χ1v) is 11.1. The number of guanidine groups is 1. The number of carbonyl (C=O) groups excluding carboxylic acids is 1. The smallest absolute Gasteiger partial charge is 0.220 e. The molecule has 9 heteroatoms. The minimum Gasteiger partial charge on any atom is -0.369 e. The van der Waals surface area contributed by atoms with E-state index in [2.05, 4.69) is 20.1 Å². The molecule has 7 nitrogen and oxygen atoms in total. The lowest BCUT2D eigenvalue weighted by Gasteiger charge is -2.37. The molecule has 0 bridgehead atoms. The third-order valence-electron chi connectivity index (χ3n) is 6.21. The van der Waals surface area contributed by atoms with E-state index in [1.807, 2.05) is 4.90 Å². The summed E-state index contributed by atoms with van der Waals surface area (Å²) in [6.07, 6.45) is 3.85. The van der Waals surface area contributed by atoms with Crippen molar-refractivity contribution in [3.8, 4) is 0 Å². The van der Waals surface area contributed by atoms with E-state index in [0.717, 1.165) is 63.9 Å². The van der Waals surface area contributed by atoms with Crippen LogP contribution in [0.3, 0.4) is 0 Å². The number of nitrogens with two attached hydrogens (primary N) is 1. The van der Waals surface area contributed by atoms with Gasteiger partial charge < -0.3 is 25.8 Å². The number of likely N-dealkylation sites (tertiary alicyclic amines) is 1. The Hall–Kier alpha value is -2.42. The lowest BCUT2D eigenvalue weighted by Crippen LogP contribution is -2.52. The molecule has 0 aliphatic carbocycles. The predicted octanol–water partition coefficient (Wildman–Crippen LogP) is 1.64. The van der Waals surface area contributed by atoms with E-state index >= 15 is 0 Å². The maximum absolute atomic E-state index is 14.0. The molecule has 1 aromatic carbocycles. The van der Waals surface area contributed by atoms with Crippen molar-refractivity contribution < 1.29 is 13.6 Å². The van der Waals surface area contributed by atoms with Gasteiger partial charge in [0.2, 0.25) is 5.91 Å². The number of nitrogens with zero attached hydrogens (tertiary/aromatic N) is 4. The second-order valence-corrected chi connectivity index (χ2v) is 8.27. The Morgan fingerprint density at radius 2 is 1.84 bits per heavy atom. The van der Waals surface area contributed by atoms with E-state index in [9.17, 15) is 13.6 Å². The molecule has 2 saturated heterocycles. The number of piperidine rings is 1. The number of primary amides is 1. The summed E-state index contributed by atoms with van der Waals surface area (Å²) in [5.74, 6) is -0.0948. The Morgan fingerprint density at radius 1 is 1.13 bits per heavy atom. The third kappa shape index (κ3) is 6.53. The highest BCUT2D eigenvalue weighted by atomic mass is 19.1. The molecule has 0 aromatic heterocycles. The van der Waals surface area contributed by atoms with Crippen LogP contribution in [0.25, 0.3) is 0 Å². The van der Waals surface area contributed by atoms with E-state index in [4.69, 9.17) is 5.73 Å². The van der Waals surface area contributed by atoms with Gasteiger partial charge in [0.25, 0.3) is 0 Å². The SMILES string of the molecule is CN=C(NCCCCN1CCC(C(N)=O)CC1)N1CCN(c2cc(F)ccc2F)CC1. The number of hydrogen-bond donors (Lipinski definition) is 2. The van der Waals surface area contributed by atoms with Crippen LogP contribution in [-0.4, -0.2) is 81.1 Å². The highest BCUT2D eigenvalue weighted by Crippen LogP contribution is 2.22. The number of aliphatic imine (C=N–C) groups is 1. The highest BCUT2D eigenvalue weighted by molar-refractivity contribution is 5.80. The largest absolute Gasteiger partial charge is 0.369 e. The molecule has 2 aliphatic heterocycles. The molecular formula is C22H34F2N6O. The molecule has 0 saturated carbocycles. The van der Waals surface area contributed by atoms with E-state index in [-0.39, 0.29) is 11.8 Å². The average molecular weight is 437 g/mol. The molecule has 0 atom stereocenters. The number of benzene rings is 1. The Labute approximate surface area is 183 Å². The van der Waals surface area contributed by atoms with Gasteiger partial charge in [0.1, 0.15) is 11.6 Å². The van der Waals surface area contributed by atoms with E-state index < -0.39 is 11.6 Å². The number of piperazine rings is 1. The number of halogens is 2. The van der Waals surface area contributed by atoms with Gasteiger partial charge in [0.05, 0.1) is 5.69 Å². The number of anilines is 1. The number of rotatable bonds is 7. The molecule has 0 unspecified atom stereocenters. The summed E-state index contributed by atoms with van der Waals surface area (Å²) in [6, 6.07) is 3.58. The zero-order chi connectivity index (χ0) is 22.2. The summed E-state index contributed by atoms with van der Waals surface area (Å²) < 4.78 is 27.5. The number of hydrogen-bond acceptors (Lipinski definition) is 4. The van der Waals surface area contributed by atoms with Crippen molar-refractivity contribution in [1.29, 1.82) is 0 Å². The number of amides is 1. The first kappa shape index (κ1) is 23.2. The van der Waals surface area contributed by atoms with Crippen LogP contribution < -0.4 is 16.0 Å². The fourth-order valence-electron chi connectivity index (χ4n) is 4.32. The predicted molar refractivity (Wildman–Crippen MR) is 119 cm³/mol. The quantitative estimate of drug-likeness (QED) is 0.386. The van der Waals surface area contributed by atoms with Gasteiger partial charge in [-0.1, -0.05) is 0 Å². The van der Waals surface area contributed by atoms with Crippen LogP contribution in [0.2, 0.25) is 0 Å². The molecule has 2 aliphatic rings. The van der Waals surface area contributed by atoms with Gasteiger partial charge in [0.15, 0.2) is 5.96 Å². The zero-order valence-corrected chi connectivity index (χ0v) is 18.3. The first-order valence-electron chi connectivity index (χ1n) is 11.1. The molecule has 2 heterocycles. The molecule has 31 heavy (non-hydrogen) atoms. The summed E-state index contributed by atoms with van der Waals surface area (Å²) in [4.78, 5) is 22.1. The lowest BCUT2D eigenvalue weighted by atomic mass is 9.96. The van der Waals surface area contributed by atoms with Crippen LogP contribution in [0.15, 0.2) is 23.2 Å². The summed E-state index contributed by atoms with van der Waals surface area (Å²) in [6.45, 7) is 6.38. The number of nitrogens with one attached hydrogen (secondary N) is 1. The number of carbonyl (C=O) groups is 1. The normalized spacial score (nSPS) is 19.0. The number of unbranched alkanes of at least 4 members (excludes halogenated alkanes) is 1. The molecule has 1 aromatic rings. The summed E-state index contributed by atoms with van der Waals surface area (Å²) in [7, 11) is 1.77. The molecule has 3 rings (SSSR count). The summed E-state index contributed by atoms with van der Waals surface area (Å²) in [5, 5.41) is 3.42. The Bertz CT molecular complexity index is 758. The van der Waals surface area contributed by atoms with Gasteiger partial charge >= 0.3 is 0 Å². The summed E-state index contributed by atoms with van der Waals surface area (Å²) >= 11 is 0. The van der Waals surface area contributed by atoms with Crippen molar-refractivity contribution in [1.82, 2.24) is 15.1 Å². The van der Waals surface area contributed by atoms with Gasteiger partial charge in [-0.05, 0) is 57.5 Å². The van der Waals surface area contributed by atoms with E-state index in [1.54, 1.807) is 7.05 Å². The van der Waals surface area contributed by atoms with Crippen LogP contribution in [0.1, 0.15) is 25.7 Å². The van der Waals surface area contributed by atoms with Gasteiger partial charge in [-0.15, -0.1) is 0 Å². The second kappa shape index (κ2) is 11.3. The zero-order valence-electron chi connectivity index (χ0n) is 18.3. The van der Waals surface area contributed by atoms with Crippen molar-refractivity contribution in [3.05, 3.63) is 29.8 Å². The standard InChI is InChI=1S/C22H34F2N6O/c1-26-22(27-8-2-3-9-28-10-6-17(7-11-28)21(25)31)30-14-12-29(13-15-30)20-16-18(23)4-5-19(20)24/h4-5,16-17H,2-3,6-15H2,1H3,(H2,25,31)(H,26,27). The topological polar surface area (TPSA) is 77.2 Å². The lowest BCUT2D eigenvalue weighted by molar-refractivity contribution is -0.123. The minimum atomic E-state index is -0.423. The Balaban J connectivity index is 1.34. The molecule has 3 N–H and O–H groups in total. The van der Waals surface area contributed by atoms with Crippen LogP contribution in [-0.2, 0) is 4.79 Å². The van der Waals surface area contributed by atoms with Crippen molar-refractivity contribution in [3.63, 3.8) is 0 Å². The molecule has 172 valence electrons. The van der Waals surface area contributed by atoms with Crippen molar-refractivity contribution >= 4 is 17.6 Å². The van der Waals surface area contributed by atoms with Crippen LogP contribution in [0.4, 0.5) is 14.5 Å². The molecule has 0 radical (unpaired) electrons. The van der Waals surface area contributed by atoms with Gasteiger partial charge in [-0.25, -0.2) is 8.78 Å². The summed E-state index contributed by atoms with van der Waals surface area (Å²) in [5.41, 5.74) is 5.71. The highest BCUT2D eigenvalue weighted by Gasteiger charge is 2.23. The van der Waals surface area contributed by atoms with Crippen molar-refractivity contribution in [2.45, 2.75) is 25.7 Å². The Kier molecular flexibility index (Phi) is 8.45. The van der Waals surface area contributed by atoms with Gasteiger partial charge in [-0.2, -0.15) is 0 Å². The van der Waals surface area contributed by atoms with Crippen molar-refractivity contribution in [2.75, 3.05) is 64.3 Å². The fourth-order valence-corrected chi connectivity index (χ4v) is 4.32.